The summed E-state index contributed by atoms with van der Waals surface area (Å²) >= 11 is 0. The quantitative estimate of drug-likeness (QED) is 0.390. The maximum Gasteiger partial charge on any atom is 0.358 e. The Balaban J connectivity index is 2.13. The van der Waals surface area contributed by atoms with Crippen molar-refractivity contribution in [3.8, 4) is 0 Å². The van der Waals surface area contributed by atoms with Crippen LogP contribution in [0.25, 0.3) is 0 Å². The molecular weight excluding hydrogens is 424 g/mol. The number of sulfone groups is 1. The van der Waals surface area contributed by atoms with Crippen molar-refractivity contribution in [1.29, 1.82) is 0 Å². The van der Waals surface area contributed by atoms with E-state index in [1.165, 1.54) is 24.3 Å². The van der Waals surface area contributed by atoms with Crippen molar-refractivity contribution < 1.29 is 21.1 Å². The van der Waals surface area contributed by atoms with Crippen molar-refractivity contribution in [2.75, 3.05) is 5.75 Å². The Kier molecular flexibility index (Phi) is 6.98. The summed E-state index contributed by atoms with van der Waals surface area (Å²) in [4.78, 5) is -0.0233. The molecule has 0 saturated heterocycles. The first-order valence-corrected chi connectivity index (χ1v) is 12.5. The molecule has 2 N–H and O–H groups in total. The minimum Gasteiger partial charge on any atom is -0.384 e. The number of hydrogen-bond donors (Lipinski definition) is 1. The molecule has 0 bridgehead atoms. The van der Waals surface area contributed by atoms with Crippen LogP contribution in [-0.4, -0.2) is 28.4 Å². The molecule has 30 heavy (non-hydrogen) atoms. The predicted molar refractivity (Wildman–Crippen MR) is 118 cm³/mol. The third-order valence-corrected chi connectivity index (χ3v) is 7.29. The average molecular weight is 453 g/mol. The van der Waals surface area contributed by atoms with E-state index < -0.39 is 31.5 Å². The number of benzene rings is 2. The first-order chi connectivity index (χ1) is 13.7. The third-order valence-electron chi connectivity index (χ3n) is 4.51. The fourth-order valence-electron chi connectivity index (χ4n) is 2.63. The zero-order valence-corrected chi connectivity index (χ0v) is 19.4. The largest absolute Gasteiger partial charge is 0.384 e. The molecule has 9 heteroatoms. The summed E-state index contributed by atoms with van der Waals surface area (Å²) in [6.45, 7) is 10.0. The number of amidine groups is 1. The minimum absolute atomic E-state index is 0.0747. The molecule has 2 aromatic rings. The summed E-state index contributed by atoms with van der Waals surface area (Å²) in [7, 11) is -8.00. The summed E-state index contributed by atoms with van der Waals surface area (Å²) < 4.78 is 54.2. The number of rotatable bonds is 7. The summed E-state index contributed by atoms with van der Waals surface area (Å²) in [5.41, 5.74) is 7.45. The van der Waals surface area contributed by atoms with Crippen molar-refractivity contribution in [2.45, 2.75) is 55.7 Å². The van der Waals surface area contributed by atoms with Gasteiger partial charge in [-0.1, -0.05) is 64.0 Å². The van der Waals surface area contributed by atoms with Gasteiger partial charge in [-0.2, -0.15) is 8.42 Å². The summed E-state index contributed by atoms with van der Waals surface area (Å²) in [5, 5.41) is 3.33. The monoisotopic (exact) mass is 452 g/mol. The van der Waals surface area contributed by atoms with Gasteiger partial charge in [-0.3, -0.25) is 4.28 Å². The summed E-state index contributed by atoms with van der Waals surface area (Å²) in [5.74, 6) is -0.853. The molecule has 7 nitrogen and oxygen atoms in total. The Bertz CT molecular complexity index is 1110. The second-order valence-corrected chi connectivity index (χ2v) is 11.9. The highest BCUT2D eigenvalue weighted by atomic mass is 32.2. The van der Waals surface area contributed by atoms with Gasteiger partial charge in [0.05, 0.1) is 4.90 Å². The lowest BCUT2D eigenvalue weighted by molar-refractivity contribution is 0.338. The van der Waals surface area contributed by atoms with Gasteiger partial charge in [0.25, 0.3) is 0 Å². The Hall–Kier alpha value is -2.39. The number of nitrogens with two attached hydrogens (primary N) is 1. The van der Waals surface area contributed by atoms with Gasteiger partial charge in [-0.15, -0.1) is 0 Å². The average Bonchev–Trinajstić information content (AvgIpc) is 2.65. The van der Waals surface area contributed by atoms with E-state index in [4.69, 9.17) is 5.73 Å². The normalized spacial score (nSPS) is 13.5. The molecule has 0 spiro atoms. The van der Waals surface area contributed by atoms with Gasteiger partial charge in [-0.25, -0.2) is 8.42 Å². The van der Waals surface area contributed by atoms with Crippen LogP contribution in [0, 0.1) is 0 Å². The molecule has 0 aliphatic heterocycles. The molecule has 0 atom stereocenters. The molecule has 0 unspecified atom stereocenters. The Morgan fingerprint density at radius 2 is 1.43 bits per heavy atom. The van der Waals surface area contributed by atoms with Gasteiger partial charge in [0.15, 0.2) is 15.7 Å². The highest BCUT2D eigenvalue weighted by Gasteiger charge is 2.21. The van der Waals surface area contributed by atoms with Crippen molar-refractivity contribution in [1.82, 2.24) is 0 Å². The molecule has 164 valence electrons. The summed E-state index contributed by atoms with van der Waals surface area (Å²) in [6.07, 6.45) is 0. The highest BCUT2D eigenvalue weighted by molar-refractivity contribution is 7.92. The molecule has 0 fully saturated rings. The van der Waals surface area contributed by atoms with Crippen LogP contribution in [0.5, 0.6) is 0 Å². The second-order valence-electron chi connectivity index (χ2n) is 8.37. The van der Waals surface area contributed by atoms with E-state index in [9.17, 15) is 16.8 Å². The molecule has 0 radical (unpaired) electrons. The van der Waals surface area contributed by atoms with Gasteiger partial charge in [0, 0.05) is 0 Å². The topological polar surface area (TPSA) is 116 Å². The second kappa shape index (κ2) is 8.77. The Morgan fingerprint density at radius 1 is 0.933 bits per heavy atom. The van der Waals surface area contributed by atoms with Gasteiger partial charge in [0.2, 0.25) is 0 Å². The third kappa shape index (κ3) is 6.06. The van der Waals surface area contributed by atoms with Crippen molar-refractivity contribution in [3.63, 3.8) is 0 Å². The smallest absolute Gasteiger partial charge is 0.358 e. The van der Waals surface area contributed by atoms with E-state index in [2.05, 4.69) is 9.44 Å². The molecule has 0 heterocycles. The number of hydrogen-bond acceptors (Lipinski definition) is 6. The van der Waals surface area contributed by atoms with Gasteiger partial charge in [0.1, 0.15) is 10.6 Å². The van der Waals surface area contributed by atoms with E-state index in [-0.39, 0.29) is 21.1 Å². The number of oxime groups is 1. The van der Waals surface area contributed by atoms with Crippen LogP contribution in [0.15, 0.2) is 63.5 Å². The zero-order chi connectivity index (χ0) is 22.7. The van der Waals surface area contributed by atoms with Crippen LogP contribution < -0.4 is 5.73 Å². The van der Waals surface area contributed by atoms with Crippen LogP contribution in [-0.2, 0) is 29.7 Å². The van der Waals surface area contributed by atoms with E-state index in [1.807, 2.05) is 34.6 Å². The Labute approximate surface area is 179 Å². The van der Waals surface area contributed by atoms with Crippen molar-refractivity contribution >= 4 is 25.8 Å². The van der Waals surface area contributed by atoms with Crippen LogP contribution >= 0.6 is 0 Å². The van der Waals surface area contributed by atoms with Gasteiger partial charge >= 0.3 is 10.1 Å². The highest BCUT2D eigenvalue weighted by Crippen LogP contribution is 2.24. The maximum absolute atomic E-state index is 12.5. The van der Waals surface area contributed by atoms with Crippen LogP contribution in [0.2, 0.25) is 0 Å². The van der Waals surface area contributed by atoms with Crippen LogP contribution in [0.3, 0.4) is 0 Å². The van der Waals surface area contributed by atoms with E-state index in [1.54, 1.807) is 24.3 Å². The Morgan fingerprint density at radius 3 is 1.90 bits per heavy atom. The van der Waals surface area contributed by atoms with Crippen LogP contribution in [0.1, 0.15) is 51.7 Å². The summed E-state index contributed by atoms with van der Waals surface area (Å²) in [6, 6.07) is 12.6. The lowest BCUT2D eigenvalue weighted by atomic mass is 9.87. The molecule has 0 aromatic heterocycles. The van der Waals surface area contributed by atoms with E-state index in [0.717, 1.165) is 11.1 Å². The van der Waals surface area contributed by atoms with Gasteiger partial charge in [-0.05, 0) is 46.7 Å². The van der Waals surface area contributed by atoms with E-state index in [0.29, 0.717) is 0 Å². The first kappa shape index (κ1) is 23.9. The maximum atomic E-state index is 12.5. The van der Waals surface area contributed by atoms with Crippen molar-refractivity contribution in [2.24, 2.45) is 10.9 Å². The number of nitrogens with zero attached hydrogens (tertiary/aromatic N) is 1. The molecule has 0 aliphatic carbocycles. The van der Waals surface area contributed by atoms with Gasteiger partial charge < -0.3 is 5.73 Å². The molecule has 2 aromatic carbocycles. The predicted octanol–water partition coefficient (Wildman–Crippen LogP) is 3.56. The molecule has 2 rings (SSSR count). The molecule has 0 aliphatic rings. The fourth-order valence-corrected chi connectivity index (χ4v) is 4.53. The van der Waals surface area contributed by atoms with E-state index >= 15 is 0 Å². The first-order valence-electron chi connectivity index (χ1n) is 9.41. The molecule has 0 saturated carbocycles. The fraction of sp³-hybridized carbons (Fsp3) is 0.381. The SMILES string of the molecule is CC(C)c1ccc(S(=O)(=O)C/C(N)=N\OS(=O)(=O)c2ccc(C(C)(C)C)cc2)cc1. The van der Waals surface area contributed by atoms with Crippen LogP contribution in [0.4, 0.5) is 0 Å². The molecular formula is C21H28N2O5S2. The zero-order valence-electron chi connectivity index (χ0n) is 17.8. The lowest BCUT2D eigenvalue weighted by Gasteiger charge is -2.18. The standard InChI is InChI=1S/C21H28N2O5S2/c1-15(2)16-6-10-18(11-7-16)29(24,25)14-20(22)23-28-30(26,27)19-12-8-17(9-13-19)21(3,4)5/h6-13,15H,14H2,1-5H3,(H2,22,23). The molecule has 0 amide bonds. The van der Waals surface area contributed by atoms with Crippen molar-refractivity contribution in [3.05, 3.63) is 59.7 Å². The minimum atomic E-state index is -4.22. The lowest BCUT2D eigenvalue weighted by Crippen LogP contribution is -2.24.